The first-order valence-electron chi connectivity index (χ1n) is 6.93. The standard InChI is InChI=1S/C14H19N3O3/c1-2-10-6-7-11(9-13(10)17(19)20)16-14(18)12-5-3-4-8-15-12/h6-7,9,12,15H,2-5,8H2,1H3,(H,16,18)/t12-/m0/s1. The molecule has 1 atom stereocenters. The SMILES string of the molecule is CCc1ccc(NC(=O)[C@@H]2CCCCN2)cc1[N+](=O)[O-]. The predicted octanol–water partition coefficient (Wildman–Crippen LogP) is 2.24. The van der Waals surface area contributed by atoms with Crippen molar-refractivity contribution in [1.29, 1.82) is 0 Å². The molecule has 1 amide bonds. The van der Waals surface area contributed by atoms with E-state index in [1.165, 1.54) is 6.07 Å². The van der Waals surface area contributed by atoms with E-state index in [0.29, 0.717) is 17.7 Å². The Hall–Kier alpha value is -1.95. The van der Waals surface area contributed by atoms with Gasteiger partial charge in [-0.05, 0) is 31.9 Å². The molecule has 2 rings (SSSR count). The first-order valence-corrected chi connectivity index (χ1v) is 6.93. The lowest BCUT2D eigenvalue weighted by atomic mass is 10.0. The van der Waals surface area contributed by atoms with E-state index in [9.17, 15) is 14.9 Å². The van der Waals surface area contributed by atoms with Crippen LogP contribution in [-0.2, 0) is 11.2 Å². The number of hydrogen-bond acceptors (Lipinski definition) is 4. The lowest BCUT2D eigenvalue weighted by Gasteiger charge is -2.22. The van der Waals surface area contributed by atoms with Crippen LogP contribution in [0.2, 0.25) is 0 Å². The van der Waals surface area contributed by atoms with Crippen molar-refractivity contribution in [3.8, 4) is 0 Å². The molecule has 108 valence electrons. The first kappa shape index (κ1) is 14.5. The summed E-state index contributed by atoms with van der Waals surface area (Å²) in [4.78, 5) is 22.7. The zero-order valence-corrected chi connectivity index (χ0v) is 11.5. The molecule has 0 saturated carbocycles. The van der Waals surface area contributed by atoms with Gasteiger partial charge >= 0.3 is 0 Å². The summed E-state index contributed by atoms with van der Waals surface area (Å²) in [5.74, 6) is -0.122. The van der Waals surface area contributed by atoms with Crippen LogP contribution >= 0.6 is 0 Å². The lowest BCUT2D eigenvalue weighted by Crippen LogP contribution is -2.43. The first-order chi connectivity index (χ1) is 9.61. The number of benzene rings is 1. The topological polar surface area (TPSA) is 84.3 Å². The Morgan fingerprint density at radius 3 is 2.90 bits per heavy atom. The Balaban J connectivity index is 2.10. The summed E-state index contributed by atoms with van der Waals surface area (Å²) in [6.45, 7) is 2.71. The molecular weight excluding hydrogens is 258 g/mol. The molecule has 1 saturated heterocycles. The van der Waals surface area contributed by atoms with Gasteiger partial charge in [0.05, 0.1) is 11.0 Å². The van der Waals surface area contributed by atoms with E-state index in [-0.39, 0.29) is 17.6 Å². The second-order valence-corrected chi connectivity index (χ2v) is 4.95. The van der Waals surface area contributed by atoms with Gasteiger partial charge in [-0.3, -0.25) is 14.9 Å². The number of nitrogens with one attached hydrogen (secondary N) is 2. The third kappa shape index (κ3) is 3.33. The Morgan fingerprint density at radius 1 is 1.50 bits per heavy atom. The van der Waals surface area contributed by atoms with E-state index in [1.54, 1.807) is 12.1 Å². The van der Waals surface area contributed by atoms with Crippen molar-refractivity contribution in [2.24, 2.45) is 0 Å². The highest BCUT2D eigenvalue weighted by Gasteiger charge is 2.21. The van der Waals surface area contributed by atoms with Crippen LogP contribution in [0.1, 0.15) is 31.7 Å². The molecule has 6 nitrogen and oxygen atoms in total. The number of hydrogen-bond donors (Lipinski definition) is 2. The Labute approximate surface area is 117 Å². The van der Waals surface area contributed by atoms with Crippen LogP contribution in [0.5, 0.6) is 0 Å². The molecule has 0 radical (unpaired) electrons. The molecule has 1 aromatic rings. The fourth-order valence-electron chi connectivity index (χ4n) is 2.42. The Bertz CT molecular complexity index is 510. The smallest absolute Gasteiger partial charge is 0.274 e. The summed E-state index contributed by atoms with van der Waals surface area (Å²) in [6.07, 6.45) is 3.51. The van der Waals surface area contributed by atoms with Crippen molar-refractivity contribution >= 4 is 17.3 Å². The summed E-state index contributed by atoms with van der Waals surface area (Å²) >= 11 is 0. The molecule has 0 bridgehead atoms. The second kappa shape index (κ2) is 6.47. The minimum Gasteiger partial charge on any atom is -0.324 e. The van der Waals surface area contributed by atoms with Gasteiger partial charge in [-0.15, -0.1) is 0 Å². The molecule has 2 N–H and O–H groups in total. The van der Waals surface area contributed by atoms with E-state index in [1.807, 2.05) is 6.92 Å². The fraction of sp³-hybridized carbons (Fsp3) is 0.500. The van der Waals surface area contributed by atoms with Gasteiger partial charge in [-0.2, -0.15) is 0 Å². The van der Waals surface area contributed by atoms with Crippen LogP contribution in [-0.4, -0.2) is 23.4 Å². The third-order valence-electron chi connectivity index (χ3n) is 3.56. The van der Waals surface area contributed by atoms with E-state index in [4.69, 9.17) is 0 Å². The third-order valence-corrected chi connectivity index (χ3v) is 3.56. The fourth-order valence-corrected chi connectivity index (χ4v) is 2.42. The van der Waals surface area contributed by atoms with Gasteiger partial charge in [0.15, 0.2) is 0 Å². The van der Waals surface area contributed by atoms with Crippen LogP contribution < -0.4 is 10.6 Å². The molecule has 1 heterocycles. The minimum absolute atomic E-state index is 0.0573. The van der Waals surface area contributed by atoms with Gasteiger partial charge < -0.3 is 10.6 Å². The van der Waals surface area contributed by atoms with Crippen LogP contribution in [0.25, 0.3) is 0 Å². The van der Waals surface area contributed by atoms with Crippen molar-refractivity contribution in [3.05, 3.63) is 33.9 Å². The summed E-state index contributed by atoms with van der Waals surface area (Å²) in [7, 11) is 0. The van der Waals surface area contributed by atoms with Crippen LogP contribution in [0, 0.1) is 10.1 Å². The molecular formula is C14H19N3O3. The number of nitro groups is 1. The molecule has 0 spiro atoms. The highest BCUT2D eigenvalue weighted by atomic mass is 16.6. The number of nitrogens with zero attached hydrogens (tertiary/aromatic N) is 1. The normalized spacial score (nSPS) is 18.6. The highest BCUT2D eigenvalue weighted by molar-refractivity contribution is 5.95. The van der Waals surface area contributed by atoms with E-state index in [2.05, 4.69) is 10.6 Å². The van der Waals surface area contributed by atoms with Crippen molar-refractivity contribution < 1.29 is 9.72 Å². The van der Waals surface area contributed by atoms with Gasteiger partial charge in [0.1, 0.15) is 0 Å². The van der Waals surface area contributed by atoms with Gasteiger partial charge in [-0.1, -0.05) is 19.4 Å². The average molecular weight is 277 g/mol. The molecule has 1 fully saturated rings. The molecule has 6 heteroatoms. The largest absolute Gasteiger partial charge is 0.324 e. The van der Waals surface area contributed by atoms with Crippen molar-refractivity contribution in [2.75, 3.05) is 11.9 Å². The molecule has 20 heavy (non-hydrogen) atoms. The number of rotatable bonds is 4. The zero-order valence-electron chi connectivity index (χ0n) is 11.5. The number of anilines is 1. The molecule has 0 aliphatic carbocycles. The monoisotopic (exact) mass is 277 g/mol. The maximum absolute atomic E-state index is 12.1. The average Bonchev–Trinajstić information content (AvgIpc) is 2.48. The molecule has 1 aromatic carbocycles. The summed E-state index contributed by atoms with van der Waals surface area (Å²) < 4.78 is 0. The van der Waals surface area contributed by atoms with Gasteiger partial charge in [0.2, 0.25) is 5.91 Å². The van der Waals surface area contributed by atoms with Gasteiger partial charge in [0.25, 0.3) is 5.69 Å². The van der Waals surface area contributed by atoms with Crippen molar-refractivity contribution in [3.63, 3.8) is 0 Å². The summed E-state index contributed by atoms with van der Waals surface area (Å²) in [5, 5.41) is 16.9. The quantitative estimate of drug-likeness (QED) is 0.653. The number of aryl methyl sites for hydroxylation is 1. The maximum Gasteiger partial charge on any atom is 0.274 e. The van der Waals surface area contributed by atoms with E-state index >= 15 is 0 Å². The predicted molar refractivity (Wildman–Crippen MR) is 76.7 cm³/mol. The molecule has 1 aliphatic heterocycles. The number of piperidine rings is 1. The second-order valence-electron chi connectivity index (χ2n) is 4.95. The maximum atomic E-state index is 12.1. The van der Waals surface area contributed by atoms with Crippen LogP contribution in [0.15, 0.2) is 18.2 Å². The summed E-state index contributed by atoms with van der Waals surface area (Å²) in [6, 6.07) is 4.64. The van der Waals surface area contributed by atoms with Gasteiger partial charge in [0, 0.05) is 17.3 Å². The van der Waals surface area contributed by atoms with Crippen molar-refractivity contribution in [1.82, 2.24) is 5.32 Å². The molecule has 0 aromatic heterocycles. The number of nitro benzene ring substituents is 1. The number of carbonyl (C=O) groups is 1. The summed E-state index contributed by atoms with van der Waals surface area (Å²) in [5.41, 5.74) is 1.21. The Kier molecular flexibility index (Phi) is 4.68. The molecule has 1 aliphatic rings. The highest BCUT2D eigenvalue weighted by Crippen LogP contribution is 2.24. The van der Waals surface area contributed by atoms with Crippen molar-refractivity contribution in [2.45, 2.75) is 38.6 Å². The van der Waals surface area contributed by atoms with Crippen LogP contribution in [0.4, 0.5) is 11.4 Å². The van der Waals surface area contributed by atoms with E-state index < -0.39 is 4.92 Å². The van der Waals surface area contributed by atoms with Gasteiger partial charge in [-0.25, -0.2) is 0 Å². The zero-order chi connectivity index (χ0) is 14.5. The Morgan fingerprint density at radius 2 is 2.30 bits per heavy atom. The lowest BCUT2D eigenvalue weighted by molar-refractivity contribution is -0.385. The molecule has 0 unspecified atom stereocenters. The van der Waals surface area contributed by atoms with E-state index in [0.717, 1.165) is 25.8 Å². The van der Waals surface area contributed by atoms with Crippen LogP contribution in [0.3, 0.4) is 0 Å². The number of amides is 1. The number of carbonyl (C=O) groups excluding carboxylic acids is 1. The minimum atomic E-state index is -0.409.